The fourth-order valence-corrected chi connectivity index (χ4v) is 3.56. The summed E-state index contributed by atoms with van der Waals surface area (Å²) in [6.45, 7) is 4.95. The standard InChI is InChI=1S/C20H24ClN3O/c1-3-17-7-4-5-10-24(17)20(25)15-11-16(13-22-12-15)23-19-9-6-8-18(21)14(19)2/h6,8-9,11-13,17,23H,3-5,7,10H2,1-2H3. The fourth-order valence-electron chi connectivity index (χ4n) is 3.38. The van der Waals surface area contributed by atoms with Crippen LogP contribution in [-0.2, 0) is 0 Å². The molecule has 1 aliphatic heterocycles. The van der Waals surface area contributed by atoms with E-state index in [-0.39, 0.29) is 5.91 Å². The van der Waals surface area contributed by atoms with Crippen molar-refractivity contribution in [3.63, 3.8) is 0 Å². The Labute approximate surface area is 154 Å². The average molecular weight is 358 g/mol. The van der Waals surface area contributed by atoms with Crippen LogP contribution in [0.1, 0.15) is 48.5 Å². The van der Waals surface area contributed by atoms with Crippen LogP contribution in [0.3, 0.4) is 0 Å². The number of benzene rings is 1. The fraction of sp³-hybridized carbons (Fsp3) is 0.400. The maximum Gasteiger partial charge on any atom is 0.255 e. The van der Waals surface area contributed by atoms with Crippen LogP contribution in [0.25, 0.3) is 0 Å². The van der Waals surface area contributed by atoms with Gasteiger partial charge in [-0.25, -0.2) is 0 Å². The molecule has 1 saturated heterocycles. The summed E-state index contributed by atoms with van der Waals surface area (Å²) < 4.78 is 0. The minimum atomic E-state index is 0.0746. The molecule has 0 spiro atoms. The molecule has 0 radical (unpaired) electrons. The van der Waals surface area contributed by atoms with E-state index in [1.165, 1.54) is 6.42 Å². The topological polar surface area (TPSA) is 45.2 Å². The molecule has 4 nitrogen and oxygen atoms in total. The molecule has 2 heterocycles. The number of aromatic nitrogens is 1. The largest absolute Gasteiger partial charge is 0.354 e. The number of nitrogens with zero attached hydrogens (tertiary/aromatic N) is 2. The van der Waals surface area contributed by atoms with Crippen molar-refractivity contribution < 1.29 is 4.79 Å². The maximum absolute atomic E-state index is 12.9. The molecule has 1 aromatic heterocycles. The van der Waals surface area contributed by atoms with Crippen molar-refractivity contribution in [2.45, 2.75) is 45.6 Å². The Morgan fingerprint density at radius 1 is 1.36 bits per heavy atom. The molecule has 1 fully saturated rings. The quantitative estimate of drug-likeness (QED) is 0.818. The molecule has 25 heavy (non-hydrogen) atoms. The van der Waals surface area contributed by atoms with Gasteiger partial charge in [0.2, 0.25) is 0 Å². The van der Waals surface area contributed by atoms with Crippen molar-refractivity contribution in [1.82, 2.24) is 9.88 Å². The zero-order chi connectivity index (χ0) is 17.8. The molecule has 1 N–H and O–H groups in total. The third-order valence-electron chi connectivity index (χ3n) is 4.89. The summed E-state index contributed by atoms with van der Waals surface area (Å²) in [6.07, 6.45) is 7.75. The number of hydrogen-bond donors (Lipinski definition) is 1. The van der Waals surface area contributed by atoms with Gasteiger partial charge in [-0.3, -0.25) is 9.78 Å². The molecule has 1 amide bonds. The Morgan fingerprint density at radius 2 is 2.20 bits per heavy atom. The number of hydrogen-bond acceptors (Lipinski definition) is 3. The molecule has 1 aliphatic rings. The SMILES string of the molecule is CCC1CCCCN1C(=O)c1cncc(Nc2cccc(Cl)c2C)c1. The summed E-state index contributed by atoms with van der Waals surface area (Å²) in [5, 5.41) is 4.03. The van der Waals surface area contributed by atoms with Crippen molar-refractivity contribution in [3.05, 3.63) is 52.8 Å². The minimum Gasteiger partial charge on any atom is -0.354 e. The summed E-state index contributed by atoms with van der Waals surface area (Å²) >= 11 is 6.18. The van der Waals surface area contributed by atoms with E-state index in [1.54, 1.807) is 12.4 Å². The molecule has 0 bridgehead atoms. The van der Waals surface area contributed by atoms with Gasteiger partial charge >= 0.3 is 0 Å². The number of amides is 1. The predicted octanol–water partition coefficient (Wildman–Crippen LogP) is 5.19. The summed E-state index contributed by atoms with van der Waals surface area (Å²) in [4.78, 5) is 19.2. The molecule has 132 valence electrons. The van der Waals surface area contributed by atoms with E-state index >= 15 is 0 Å². The lowest BCUT2D eigenvalue weighted by Gasteiger charge is -2.35. The number of anilines is 2. The van der Waals surface area contributed by atoms with Crippen LogP contribution >= 0.6 is 11.6 Å². The van der Waals surface area contributed by atoms with Gasteiger partial charge in [-0.1, -0.05) is 24.6 Å². The second-order valence-electron chi connectivity index (χ2n) is 6.56. The van der Waals surface area contributed by atoms with Gasteiger partial charge in [0.1, 0.15) is 0 Å². The van der Waals surface area contributed by atoms with Crippen molar-refractivity contribution in [1.29, 1.82) is 0 Å². The number of likely N-dealkylation sites (tertiary alicyclic amines) is 1. The first kappa shape index (κ1) is 17.7. The first-order chi connectivity index (χ1) is 12.1. The average Bonchev–Trinajstić information content (AvgIpc) is 2.65. The zero-order valence-electron chi connectivity index (χ0n) is 14.8. The normalized spacial score (nSPS) is 17.4. The molecular weight excluding hydrogens is 334 g/mol. The molecule has 3 rings (SSSR count). The molecular formula is C20H24ClN3O. The van der Waals surface area contributed by atoms with Crippen LogP contribution in [0.2, 0.25) is 5.02 Å². The van der Waals surface area contributed by atoms with Crippen LogP contribution in [-0.4, -0.2) is 28.4 Å². The number of piperidine rings is 1. The van der Waals surface area contributed by atoms with Crippen LogP contribution in [0.15, 0.2) is 36.7 Å². The van der Waals surface area contributed by atoms with E-state index in [9.17, 15) is 4.79 Å². The van der Waals surface area contributed by atoms with Gasteiger partial charge in [-0.05, 0) is 56.4 Å². The van der Waals surface area contributed by atoms with Crippen molar-refractivity contribution >= 4 is 28.9 Å². The van der Waals surface area contributed by atoms with Gasteiger partial charge in [-0.2, -0.15) is 0 Å². The van der Waals surface area contributed by atoms with Crippen molar-refractivity contribution in [2.75, 3.05) is 11.9 Å². The molecule has 1 aromatic carbocycles. The second-order valence-corrected chi connectivity index (χ2v) is 6.96. The monoisotopic (exact) mass is 357 g/mol. The van der Waals surface area contributed by atoms with Crippen molar-refractivity contribution in [3.8, 4) is 0 Å². The lowest BCUT2D eigenvalue weighted by Crippen LogP contribution is -2.43. The zero-order valence-corrected chi connectivity index (χ0v) is 15.5. The Hall–Kier alpha value is -2.07. The van der Waals surface area contributed by atoms with Crippen LogP contribution < -0.4 is 5.32 Å². The summed E-state index contributed by atoms with van der Waals surface area (Å²) in [7, 11) is 0. The lowest BCUT2D eigenvalue weighted by molar-refractivity contribution is 0.0607. The van der Waals surface area contributed by atoms with Crippen LogP contribution in [0.4, 0.5) is 11.4 Å². The minimum absolute atomic E-state index is 0.0746. The van der Waals surface area contributed by atoms with Crippen LogP contribution in [0, 0.1) is 6.92 Å². The van der Waals surface area contributed by atoms with Gasteiger partial charge in [0, 0.05) is 29.5 Å². The highest BCUT2D eigenvalue weighted by atomic mass is 35.5. The summed E-state index contributed by atoms with van der Waals surface area (Å²) in [5.74, 6) is 0.0746. The Morgan fingerprint density at radius 3 is 3.00 bits per heavy atom. The van der Waals surface area contributed by atoms with E-state index in [1.807, 2.05) is 36.1 Å². The van der Waals surface area contributed by atoms with E-state index in [2.05, 4.69) is 17.2 Å². The smallest absolute Gasteiger partial charge is 0.255 e. The van der Waals surface area contributed by atoms with Crippen molar-refractivity contribution in [2.24, 2.45) is 0 Å². The number of carbonyl (C=O) groups is 1. The van der Waals surface area contributed by atoms with Crippen LogP contribution in [0.5, 0.6) is 0 Å². The van der Waals surface area contributed by atoms with E-state index in [0.29, 0.717) is 16.6 Å². The molecule has 5 heteroatoms. The van der Waals surface area contributed by atoms with Gasteiger partial charge < -0.3 is 10.2 Å². The molecule has 2 aromatic rings. The second kappa shape index (κ2) is 7.87. The van der Waals surface area contributed by atoms with Gasteiger partial charge in [0.25, 0.3) is 5.91 Å². The predicted molar refractivity (Wildman–Crippen MR) is 103 cm³/mol. The Bertz CT molecular complexity index is 762. The number of nitrogens with one attached hydrogen (secondary N) is 1. The molecule has 1 atom stereocenters. The Kier molecular flexibility index (Phi) is 5.59. The summed E-state index contributed by atoms with van der Waals surface area (Å²) in [6, 6.07) is 7.94. The highest BCUT2D eigenvalue weighted by molar-refractivity contribution is 6.31. The first-order valence-corrected chi connectivity index (χ1v) is 9.26. The van der Waals surface area contributed by atoms with Gasteiger partial charge in [-0.15, -0.1) is 0 Å². The first-order valence-electron chi connectivity index (χ1n) is 8.88. The molecule has 1 unspecified atom stereocenters. The van der Waals surface area contributed by atoms with Gasteiger partial charge in [0.15, 0.2) is 0 Å². The molecule has 0 aliphatic carbocycles. The maximum atomic E-state index is 12.9. The number of halogens is 1. The van der Waals surface area contributed by atoms with E-state index in [0.717, 1.165) is 42.7 Å². The highest BCUT2D eigenvalue weighted by Crippen LogP contribution is 2.27. The number of carbonyl (C=O) groups excluding carboxylic acids is 1. The number of pyridine rings is 1. The number of rotatable bonds is 4. The lowest BCUT2D eigenvalue weighted by atomic mass is 9.99. The van der Waals surface area contributed by atoms with E-state index < -0.39 is 0 Å². The highest BCUT2D eigenvalue weighted by Gasteiger charge is 2.26. The van der Waals surface area contributed by atoms with Gasteiger partial charge in [0.05, 0.1) is 17.4 Å². The summed E-state index contributed by atoms with van der Waals surface area (Å²) in [5.41, 5.74) is 3.32. The van der Waals surface area contributed by atoms with E-state index in [4.69, 9.17) is 11.6 Å². The molecule has 0 saturated carbocycles. The Balaban J connectivity index is 1.81. The third-order valence-corrected chi connectivity index (χ3v) is 5.30. The third kappa shape index (κ3) is 3.96.